The predicted octanol–water partition coefficient (Wildman–Crippen LogP) is 0.986. The lowest BCUT2D eigenvalue weighted by atomic mass is 9.98. The normalized spacial score (nSPS) is 25.7. The summed E-state index contributed by atoms with van der Waals surface area (Å²) in [5.41, 5.74) is -1.70. The number of allylic oxidation sites excluding steroid dienone is 1. The first-order valence-electron chi connectivity index (χ1n) is 6.26. The molecule has 1 saturated carbocycles. The summed E-state index contributed by atoms with van der Waals surface area (Å²) in [7, 11) is -3.66. The number of rotatable bonds is 5. The van der Waals surface area contributed by atoms with Gasteiger partial charge in [-0.3, -0.25) is 14.3 Å². The van der Waals surface area contributed by atoms with E-state index in [-0.39, 0.29) is 12.3 Å². The third-order valence-corrected chi connectivity index (χ3v) is 3.58. The number of sulfonamides is 1. The van der Waals surface area contributed by atoms with Gasteiger partial charge in [0.1, 0.15) is 5.60 Å². The maximum absolute atomic E-state index is 12.1. The van der Waals surface area contributed by atoms with Crippen LogP contribution in [0.4, 0.5) is 0 Å². The molecule has 1 amide bonds. The molecule has 2 atom stereocenters. The third-order valence-electron chi connectivity index (χ3n) is 3.03. The Morgan fingerprint density at radius 1 is 1.45 bits per heavy atom. The Balaban J connectivity index is 2.82. The van der Waals surface area contributed by atoms with Crippen molar-refractivity contribution < 1.29 is 22.7 Å². The van der Waals surface area contributed by atoms with E-state index in [1.165, 1.54) is 0 Å². The molecule has 6 nitrogen and oxygen atoms in total. The summed E-state index contributed by atoms with van der Waals surface area (Å²) in [6, 6.07) is 0. The Morgan fingerprint density at radius 2 is 2.00 bits per heavy atom. The van der Waals surface area contributed by atoms with Gasteiger partial charge in [-0.15, -0.1) is 6.58 Å². The van der Waals surface area contributed by atoms with Crippen molar-refractivity contribution in [3.8, 4) is 0 Å². The number of carbonyl (C=O) groups excluding carboxylic acids is 2. The zero-order chi connectivity index (χ0) is 15.8. The molecule has 0 aliphatic heterocycles. The van der Waals surface area contributed by atoms with Crippen LogP contribution in [0.5, 0.6) is 0 Å². The van der Waals surface area contributed by atoms with Crippen molar-refractivity contribution >= 4 is 21.9 Å². The van der Waals surface area contributed by atoms with Gasteiger partial charge in [-0.05, 0) is 33.1 Å². The second kappa shape index (κ2) is 5.20. The zero-order valence-corrected chi connectivity index (χ0v) is 13.0. The number of nitrogens with one attached hydrogen (secondary N) is 1. The van der Waals surface area contributed by atoms with Gasteiger partial charge in [-0.1, -0.05) is 6.08 Å². The molecule has 0 heterocycles. The highest BCUT2D eigenvalue weighted by Crippen LogP contribution is 2.56. The largest absolute Gasteiger partial charge is 0.460 e. The van der Waals surface area contributed by atoms with Gasteiger partial charge in [0, 0.05) is 0 Å². The fraction of sp³-hybridized carbons (Fsp3) is 0.692. The molecule has 0 aromatic rings. The van der Waals surface area contributed by atoms with Gasteiger partial charge >= 0.3 is 5.97 Å². The van der Waals surface area contributed by atoms with Crippen molar-refractivity contribution in [1.82, 2.24) is 4.72 Å². The molecule has 2 unspecified atom stereocenters. The highest BCUT2D eigenvalue weighted by molar-refractivity contribution is 7.89. The lowest BCUT2D eigenvalue weighted by Crippen LogP contribution is -2.39. The summed E-state index contributed by atoms with van der Waals surface area (Å²) in [5, 5.41) is 0. The van der Waals surface area contributed by atoms with Crippen LogP contribution in [-0.4, -0.2) is 32.2 Å². The van der Waals surface area contributed by atoms with Crippen molar-refractivity contribution in [1.29, 1.82) is 0 Å². The van der Waals surface area contributed by atoms with Gasteiger partial charge < -0.3 is 4.74 Å². The Hall–Kier alpha value is -1.37. The molecule has 20 heavy (non-hydrogen) atoms. The minimum Gasteiger partial charge on any atom is -0.460 e. The van der Waals surface area contributed by atoms with Crippen LogP contribution in [0.3, 0.4) is 0 Å². The van der Waals surface area contributed by atoms with Gasteiger partial charge in [0.25, 0.3) is 0 Å². The maximum Gasteiger partial charge on any atom is 0.307 e. The standard InChI is InChI=1S/C13H21NO5S/c1-6-9-7-13(9,11(16)14-20(5,17)18)8-10(15)19-12(2,3)4/h6,9H,1,7-8H2,2-5H3,(H,14,16). The number of carbonyl (C=O) groups is 2. The van der Waals surface area contributed by atoms with Crippen LogP contribution in [0.15, 0.2) is 12.7 Å². The number of hydrogen-bond donors (Lipinski definition) is 1. The molecule has 7 heteroatoms. The number of amides is 1. The summed E-state index contributed by atoms with van der Waals surface area (Å²) in [5.74, 6) is -1.40. The van der Waals surface area contributed by atoms with E-state index in [1.807, 2.05) is 4.72 Å². The Kier molecular flexibility index (Phi) is 4.34. The van der Waals surface area contributed by atoms with Crippen molar-refractivity contribution in [2.24, 2.45) is 11.3 Å². The average Bonchev–Trinajstić information content (AvgIpc) is 2.86. The van der Waals surface area contributed by atoms with Crippen molar-refractivity contribution in [2.45, 2.75) is 39.2 Å². The van der Waals surface area contributed by atoms with Crippen LogP contribution >= 0.6 is 0 Å². The Bertz CT molecular complexity index is 531. The molecule has 1 fully saturated rings. The minimum atomic E-state index is -3.66. The van der Waals surface area contributed by atoms with E-state index >= 15 is 0 Å². The minimum absolute atomic E-state index is 0.150. The average molecular weight is 303 g/mol. The first-order valence-corrected chi connectivity index (χ1v) is 8.15. The van der Waals surface area contributed by atoms with Gasteiger partial charge in [-0.25, -0.2) is 8.42 Å². The van der Waals surface area contributed by atoms with E-state index in [4.69, 9.17) is 4.74 Å². The lowest BCUT2D eigenvalue weighted by molar-refractivity contribution is -0.158. The van der Waals surface area contributed by atoms with E-state index in [9.17, 15) is 18.0 Å². The zero-order valence-electron chi connectivity index (χ0n) is 12.2. The van der Waals surface area contributed by atoms with Crippen LogP contribution in [0.2, 0.25) is 0 Å². The van der Waals surface area contributed by atoms with E-state index < -0.39 is 32.9 Å². The topological polar surface area (TPSA) is 89.5 Å². The number of hydrogen-bond acceptors (Lipinski definition) is 5. The maximum atomic E-state index is 12.1. The fourth-order valence-electron chi connectivity index (χ4n) is 2.09. The first-order chi connectivity index (χ1) is 8.89. The highest BCUT2D eigenvalue weighted by atomic mass is 32.2. The summed E-state index contributed by atoms with van der Waals surface area (Å²) < 4.78 is 29.4. The molecule has 0 aromatic carbocycles. The van der Waals surface area contributed by atoms with E-state index in [0.717, 1.165) is 6.26 Å². The molecule has 1 N–H and O–H groups in total. The van der Waals surface area contributed by atoms with Crippen molar-refractivity contribution in [3.05, 3.63) is 12.7 Å². The monoisotopic (exact) mass is 303 g/mol. The van der Waals surface area contributed by atoms with Crippen molar-refractivity contribution in [2.75, 3.05) is 6.26 Å². The number of ether oxygens (including phenoxy) is 1. The van der Waals surface area contributed by atoms with Gasteiger partial charge in [0.05, 0.1) is 18.1 Å². The second-order valence-corrected chi connectivity index (χ2v) is 7.92. The molecule has 0 bridgehead atoms. The van der Waals surface area contributed by atoms with Gasteiger partial charge in [-0.2, -0.15) is 0 Å². The van der Waals surface area contributed by atoms with Crippen molar-refractivity contribution in [3.63, 3.8) is 0 Å². The second-order valence-electron chi connectivity index (χ2n) is 6.17. The molecule has 0 spiro atoms. The quantitative estimate of drug-likeness (QED) is 0.604. The molecule has 1 aliphatic carbocycles. The van der Waals surface area contributed by atoms with Gasteiger partial charge in [0.2, 0.25) is 15.9 Å². The lowest BCUT2D eigenvalue weighted by Gasteiger charge is -2.22. The van der Waals surface area contributed by atoms with E-state index in [0.29, 0.717) is 6.42 Å². The van der Waals surface area contributed by atoms with Crippen LogP contribution in [0, 0.1) is 11.3 Å². The molecular weight excluding hydrogens is 282 g/mol. The summed E-state index contributed by atoms with van der Waals surface area (Å²) in [4.78, 5) is 23.9. The number of esters is 1. The SMILES string of the molecule is C=CC1CC1(CC(=O)OC(C)(C)C)C(=O)NS(C)(=O)=O. The predicted molar refractivity (Wildman–Crippen MR) is 74.2 cm³/mol. The molecule has 1 aliphatic rings. The molecule has 1 rings (SSSR count). The molecule has 114 valence electrons. The van der Waals surface area contributed by atoms with Crippen LogP contribution in [-0.2, 0) is 24.3 Å². The Labute approximate surface area is 119 Å². The van der Waals surface area contributed by atoms with E-state index in [2.05, 4.69) is 6.58 Å². The summed E-state index contributed by atoms with van der Waals surface area (Å²) in [6.45, 7) is 8.78. The summed E-state index contributed by atoms with van der Waals surface area (Å²) >= 11 is 0. The van der Waals surface area contributed by atoms with Crippen LogP contribution in [0.1, 0.15) is 33.6 Å². The molecule has 0 radical (unpaired) electrons. The van der Waals surface area contributed by atoms with Crippen LogP contribution < -0.4 is 4.72 Å². The molecule has 0 saturated heterocycles. The smallest absolute Gasteiger partial charge is 0.307 e. The molecular formula is C13H21NO5S. The third kappa shape index (κ3) is 4.33. The highest BCUT2D eigenvalue weighted by Gasteiger charge is 2.60. The Morgan fingerprint density at radius 3 is 2.35 bits per heavy atom. The molecule has 0 aromatic heterocycles. The van der Waals surface area contributed by atoms with E-state index in [1.54, 1.807) is 26.8 Å². The van der Waals surface area contributed by atoms with Crippen LogP contribution in [0.25, 0.3) is 0 Å². The van der Waals surface area contributed by atoms with Gasteiger partial charge in [0.15, 0.2) is 0 Å². The fourth-order valence-corrected chi connectivity index (χ4v) is 2.63. The summed E-state index contributed by atoms with van der Waals surface area (Å²) in [6.07, 6.45) is 2.71. The first kappa shape index (κ1) is 16.7.